The molecule has 0 spiro atoms. The van der Waals surface area contributed by atoms with Gasteiger partial charge in [-0.3, -0.25) is 5.32 Å². The van der Waals surface area contributed by atoms with Crippen LogP contribution in [0.5, 0.6) is 11.8 Å². The van der Waals surface area contributed by atoms with Crippen molar-refractivity contribution in [3.8, 4) is 23.0 Å². The second-order valence-corrected chi connectivity index (χ2v) is 8.92. The van der Waals surface area contributed by atoms with E-state index in [4.69, 9.17) is 15.2 Å². The average Bonchev–Trinajstić information content (AvgIpc) is 3.47. The summed E-state index contributed by atoms with van der Waals surface area (Å²) in [6, 6.07) is 14.0. The van der Waals surface area contributed by atoms with Gasteiger partial charge in [0.25, 0.3) is 0 Å². The van der Waals surface area contributed by atoms with Crippen molar-refractivity contribution in [1.29, 1.82) is 0 Å². The van der Waals surface area contributed by atoms with Crippen molar-refractivity contribution < 1.29 is 14.3 Å². The largest absolute Gasteiger partial charge is 0.447 e. The molecular weight excluding hydrogens is 432 g/mol. The van der Waals surface area contributed by atoms with Crippen LogP contribution in [0.25, 0.3) is 22.2 Å². The number of carbonyl (C=O) groups excluding carboxylic acids is 1. The quantitative estimate of drug-likeness (QED) is 0.393. The second-order valence-electron chi connectivity index (χ2n) is 8.92. The van der Waals surface area contributed by atoms with Crippen LogP contribution in [-0.2, 0) is 18.3 Å². The zero-order valence-electron chi connectivity index (χ0n) is 19.5. The first-order valence-corrected chi connectivity index (χ1v) is 11.4. The maximum atomic E-state index is 11.9. The Morgan fingerprint density at radius 2 is 1.97 bits per heavy atom. The maximum absolute atomic E-state index is 11.9. The molecule has 0 unspecified atom stereocenters. The molecule has 1 aliphatic rings. The van der Waals surface area contributed by atoms with E-state index in [1.807, 2.05) is 56.3 Å². The molecule has 0 saturated heterocycles. The minimum absolute atomic E-state index is 0.181. The number of nitrogens with zero attached hydrogens (tertiary/aromatic N) is 4. The van der Waals surface area contributed by atoms with E-state index in [1.165, 1.54) is 19.2 Å². The van der Waals surface area contributed by atoms with Gasteiger partial charge >= 0.3 is 12.1 Å². The molecule has 34 heavy (non-hydrogen) atoms. The first-order chi connectivity index (χ1) is 16.4. The van der Waals surface area contributed by atoms with Crippen LogP contribution in [0.4, 0.5) is 16.2 Å². The number of ether oxygens (including phenoxy) is 2. The summed E-state index contributed by atoms with van der Waals surface area (Å²) in [5.74, 6) is 1.32. The van der Waals surface area contributed by atoms with Crippen molar-refractivity contribution in [3.63, 3.8) is 0 Å². The summed E-state index contributed by atoms with van der Waals surface area (Å²) in [4.78, 5) is 16.1. The normalized spacial score (nSPS) is 13.4. The highest BCUT2D eigenvalue weighted by molar-refractivity contribution is 6.01. The Bertz CT molecular complexity index is 1330. The molecule has 4 aromatic rings. The molecule has 1 amide bonds. The number of rotatable bonds is 7. The van der Waals surface area contributed by atoms with E-state index in [0.29, 0.717) is 23.4 Å². The van der Waals surface area contributed by atoms with Gasteiger partial charge in [-0.05, 0) is 56.9 Å². The molecule has 1 saturated carbocycles. The third kappa shape index (κ3) is 4.41. The zero-order chi connectivity index (χ0) is 23.8. The number of carbonyl (C=O) groups is 1. The summed E-state index contributed by atoms with van der Waals surface area (Å²) in [7, 11) is 1.79. The van der Waals surface area contributed by atoms with Gasteiger partial charge < -0.3 is 19.8 Å². The molecule has 2 aromatic heterocycles. The molecule has 9 heteroatoms. The van der Waals surface area contributed by atoms with E-state index in [2.05, 4.69) is 20.0 Å². The number of hydrogen-bond donors (Lipinski definition) is 2. The van der Waals surface area contributed by atoms with Crippen molar-refractivity contribution in [2.75, 3.05) is 11.1 Å². The molecule has 1 fully saturated rings. The van der Waals surface area contributed by atoms with Crippen molar-refractivity contribution >= 4 is 28.4 Å². The number of aromatic nitrogens is 4. The van der Waals surface area contributed by atoms with Crippen LogP contribution in [0.3, 0.4) is 0 Å². The first-order valence-electron chi connectivity index (χ1n) is 11.4. The van der Waals surface area contributed by atoms with Crippen LogP contribution in [0.1, 0.15) is 26.7 Å². The van der Waals surface area contributed by atoms with Crippen LogP contribution in [0.15, 0.2) is 48.8 Å². The highest BCUT2D eigenvalue weighted by Gasteiger charge is 2.26. The minimum Gasteiger partial charge on any atom is -0.447 e. The van der Waals surface area contributed by atoms with Gasteiger partial charge in [-0.2, -0.15) is 10.1 Å². The third-order valence-corrected chi connectivity index (χ3v) is 5.84. The number of hydrogen-bond acceptors (Lipinski definition) is 6. The minimum atomic E-state index is -0.472. The van der Waals surface area contributed by atoms with E-state index in [0.717, 1.165) is 34.4 Å². The number of aryl methyl sites for hydroxylation is 1. The number of nitrogen functional groups attached to an aromatic ring is 1. The summed E-state index contributed by atoms with van der Waals surface area (Å²) in [6.45, 7) is 4.51. The summed E-state index contributed by atoms with van der Waals surface area (Å²) in [5, 5.41) is 7.79. The molecule has 9 nitrogen and oxygen atoms in total. The van der Waals surface area contributed by atoms with Gasteiger partial charge in [0, 0.05) is 36.3 Å². The Morgan fingerprint density at radius 1 is 1.21 bits per heavy atom. The van der Waals surface area contributed by atoms with Crippen molar-refractivity contribution in [2.24, 2.45) is 13.0 Å². The molecule has 0 aliphatic heterocycles. The fourth-order valence-corrected chi connectivity index (χ4v) is 4.04. The number of fused-ring (bicyclic) bond motifs is 1. The summed E-state index contributed by atoms with van der Waals surface area (Å²) in [5.41, 5.74) is 11.0. The molecule has 0 bridgehead atoms. The SMILES string of the molecule is CC(C)OC(=O)Nc1ccc(-c2c(N)c3ccc(Oc4ncnn4C)cc3n2CC2CC2)cc1. The lowest BCUT2D eigenvalue weighted by Gasteiger charge is -2.13. The van der Waals surface area contributed by atoms with E-state index in [-0.39, 0.29) is 6.10 Å². The van der Waals surface area contributed by atoms with Crippen LogP contribution >= 0.6 is 0 Å². The second kappa shape index (κ2) is 8.74. The Balaban J connectivity index is 1.50. The molecule has 2 aromatic carbocycles. The van der Waals surface area contributed by atoms with Gasteiger partial charge in [-0.1, -0.05) is 12.1 Å². The Labute approximate surface area is 197 Å². The molecule has 2 heterocycles. The summed E-state index contributed by atoms with van der Waals surface area (Å²) < 4.78 is 15.0. The van der Waals surface area contributed by atoms with E-state index in [1.54, 1.807) is 11.7 Å². The standard InChI is InChI=1S/C25H28N6O3/c1-15(2)33-25(32)29-18-8-6-17(7-9-18)23-22(26)20-11-10-19(34-24-27-14-28-30(24)3)12-21(20)31(23)13-16-4-5-16/h6-12,14-16H,4-5,13,26H2,1-3H3,(H,29,32). The Kier molecular flexibility index (Phi) is 5.61. The highest BCUT2D eigenvalue weighted by Crippen LogP contribution is 2.41. The van der Waals surface area contributed by atoms with Gasteiger partial charge in [0.15, 0.2) is 0 Å². The fourth-order valence-electron chi connectivity index (χ4n) is 4.04. The predicted molar refractivity (Wildman–Crippen MR) is 131 cm³/mol. The number of nitrogens with one attached hydrogen (secondary N) is 1. The van der Waals surface area contributed by atoms with Gasteiger partial charge in [-0.25, -0.2) is 9.48 Å². The topological polar surface area (TPSA) is 109 Å². The lowest BCUT2D eigenvalue weighted by atomic mass is 10.1. The Hall–Kier alpha value is -4.01. The fraction of sp³-hybridized carbons (Fsp3) is 0.320. The molecule has 3 N–H and O–H groups in total. The lowest BCUT2D eigenvalue weighted by Crippen LogP contribution is -2.17. The average molecular weight is 461 g/mol. The van der Waals surface area contributed by atoms with Gasteiger partial charge in [0.2, 0.25) is 0 Å². The highest BCUT2D eigenvalue weighted by atomic mass is 16.6. The van der Waals surface area contributed by atoms with Crippen LogP contribution < -0.4 is 15.8 Å². The Morgan fingerprint density at radius 3 is 2.62 bits per heavy atom. The number of benzene rings is 2. The van der Waals surface area contributed by atoms with Crippen LogP contribution in [0.2, 0.25) is 0 Å². The molecular formula is C25H28N6O3. The number of amides is 1. The van der Waals surface area contributed by atoms with Crippen LogP contribution in [-0.4, -0.2) is 31.5 Å². The summed E-state index contributed by atoms with van der Waals surface area (Å²) in [6.07, 6.45) is 3.24. The number of anilines is 2. The van der Waals surface area contributed by atoms with E-state index >= 15 is 0 Å². The molecule has 0 atom stereocenters. The zero-order valence-corrected chi connectivity index (χ0v) is 19.5. The van der Waals surface area contributed by atoms with Gasteiger partial charge in [-0.15, -0.1) is 0 Å². The summed E-state index contributed by atoms with van der Waals surface area (Å²) >= 11 is 0. The molecule has 1 aliphatic carbocycles. The molecule has 0 radical (unpaired) electrons. The van der Waals surface area contributed by atoms with E-state index in [9.17, 15) is 4.79 Å². The van der Waals surface area contributed by atoms with Gasteiger partial charge in [0.1, 0.15) is 12.1 Å². The molecule has 176 valence electrons. The van der Waals surface area contributed by atoms with Gasteiger partial charge in [0.05, 0.1) is 23.0 Å². The smallest absolute Gasteiger partial charge is 0.411 e. The van der Waals surface area contributed by atoms with E-state index < -0.39 is 6.09 Å². The monoisotopic (exact) mass is 460 g/mol. The van der Waals surface area contributed by atoms with Crippen molar-refractivity contribution in [2.45, 2.75) is 39.3 Å². The van der Waals surface area contributed by atoms with Crippen LogP contribution in [0, 0.1) is 5.92 Å². The third-order valence-electron chi connectivity index (χ3n) is 5.84. The van der Waals surface area contributed by atoms with Crippen molar-refractivity contribution in [3.05, 3.63) is 48.8 Å². The van der Waals surface area contributed by atoms with Crippen molar-refractivity contribution in [1.82, 2.24) is 19.3 Å². The first kappa shape index (κ1) is 21.8. The molecule has 5 rings (SSSR count). The predicted octanol–water partition coefficient (Wildman–Crippen LogP) is 5.18. The number of nitrogens with two attached hydrogens (primary N) is 1. The maximum Gasteiger partial charge on any atom is 0.411 e. The lowest BCUT2D eigenvalue weighted by molar-refractivity contribution is 0.130.